The number of hydrogen-bond acceptors (Lipinski definition) is 6. The van der Waals surface area contributed by atoms with Crippen molar-refractivity contribution < 1.29 is 28.6 Å². The summed E-state index contributed by atoms with van der Waals surface area (Å²) in [5.41, 5.74) is 0. The van der Waals surface area contributed by atoms with Crippen molar-refractivity contribution in [2.24, 2.45) is 0 Å². The van der Waals surface area contributed by atoms with Crippen LogP contribution >= 0.6 is 0 Å². The normalized spacial score (nSPS) is 12.1. The summed E-state index contributed by atoms with van der Waals surface area (Å²) in [5.74, 6) is -0.857. The molecular weight excluding hydrogens is 865 g/mol. The van der Waals surface area contributed by atoms with Crippen LogP contribution in [0.3, 0.4) is 0 Å². The highest BCUT2D eigenvalue weighted by atomic mass is 16.6. The van der Waals surface area contributed by atoms with E-state index in [0.29, 0.717) is 19.3 Å². The van der Waals surface area contributed by atoms with Gasteiger partial charge >= 0.3 is 17.9 Å². The third-order valence-electron chi connectivity index (χ3n) is 14.2. The van der Waals surface area contributed by atoms with E-state index in [0.717, 1.165) is 77.0 Å². The number of allylic oxidation sites excluding steroid dienone is 4. The molecule has 0 aromatic heterocycles. The standard InChI is InChI=1S/C64H120O6/c1-4-7-10-13-16-19-22-25-28-30-32-34-36-39-42-45-48-51-54-57-63(66)69-60-61(59-68-62(65)56-53-50-47-44-41-38-27-24-21-18-15-12-9-6-3)70-64(67)58-55-52-49-46-43-40-37-35-33-31-29-26-23-20-17-14-11-8-5-2/h15,18,24,27,61H,4-14,16-17,19-23,25-26,28-60H2,1-3H3/b18-15-,27-24-. The quantitative estimate of drug-likeness (QED) is 0.0261. The van der Waals surface area contributed by atoms with Crippen molar-refractivity contribution in [1.82, 2.24) is 0 Å². The molecule has 0 fully saturated rings. The number of carbonyl (C=O) groups is 3. The summed E-state index contributed by atoms with van der Waals surface area (Å²) in [6.45, 7) is 6.66. The van der Waals surface area contributed by atoms with Gasteiger partial charge in [-0.1, -0.05) is 308 Å². The number of esters is 3. The zero-order chi connectivity index (χ0) is 50.7. The first-order valence-electron chi connectivity index (χ1n) is 31.3. The lowest BCUT2D eigenvalue weighted by Crippen LogP contribution is -2.30. The lowest BCUT2D eigenvalue weighted by molar-refractivity contribution is -0.167. The van der Waals surface area contributed by atoms with Gasteiger partial charge < -0.3 is 14.2 Å². The van der Waals surface area contributed by atoms with Gasteiger partial charge in [-0.2, -0.15) is 0 Å². The van der Waals surface area contributed by atoms with Gasteiger partial charge in [0, 0.05) is 19.3 Å². The average Bonchev–Trinajstić information content (AvgIpc) is 3.36. The third kappa shape index (κ3) is 56.8. The predicted molar refractivity (Wildman–Crippen MR) is 303 cm³/mol. The molecule has 6 heteroatoms. The van der Waals surface area contributed by atoms with Crippen LogP contribution < -0.4 is 0 Å². The molecule has 0 aliphatic rings. The molecule has 0 aromatic carbocycles. The molecule has 70 heavy (non-hydrogen) atoms. The topological polar surface area (TPSA) is 78.9 Å². The molecule has 1 atom stereocenters. The maximum Gasteiger partial charge on any atom is 0.306 e. The fourth-order valence-corrected chi connectivity index (χ4v) is 9.46. The van der Waals surface area contributed by atoms with Gasteiger partial charge in [-0.05, 0) is 44.9 Å². The Morgan fingerprint density at radius 1 is 0.286 bits per heavy atom. The van der Waals surface area contributed by atoms with E-state index in [9.17, 15) is 14.4 Å². The van der Waals surface area contributed by atoms with Crippen LogP contribution in [0.25, 0.3) is 0 Å². The molecule has 0 bridgehead atoms. The van der Waals surface area contributed by atoms with Crippen LogP contribution in [0.2, 0.25) is 0 Å². The number of hydrogen-bond donors (Lipinski definition) is 0. The second kappa shape index (κ2) is 59.5. The zero-order valence-electron chi connectivity index (χ0n) is 47.3. The molecule has 0 saturated carbocycles. The number of ether oxygens (including phenoxy) is 3. The van der Waals surface area contributed by atoms with E-state index < -0.39 is 6.10 Å². The van der Waals surface area contributed by atoms with Crippen LogP contribution in [0.5, 0.6) is 0 Å². The van der Waals surface area contributed by atoms with Gasteiger partial charge in [0.1, 0.15) is 13.2 Å². The largest absolute Gasteiger partial charge is 0.462 e. The minimum Gasteiger partial charge on any atom is -0.462 e. The molecule has 0 aliphatic carbocycles. The first-order chi connectivity index (χ1) is 34.5. The van der Waals surface area contributed by atoms with E-state index in [-0.39, 0.29) is 31.1 Å². The molecule has 6 nitrogen and oxygen atoms in total. The van der Waals surface area contributed by atoms with Crippen LogP contribution in [0, 0.1) is 0 Å². The SMILES string of the molecule is CCCC/C=C\C/C=C\CCCCCCCC(=O)OCC(COC(=O)CCCCCCCCCCCCCCCCCCCCC)OC(=O)CCCCCCCCCCCCCCCCCCCCC. The van der Waals surface area contributed by atoms with Crippen LogP contribution in [0.15, 0.2) is 24.3 Å². The summed E-state index contributed by atoms with van der Waals surface area (Å²) in [6.07, 6.45) is 70.4. The van der Waals surface area contributed by atoms with Crippen molar-refractivity contribution in [3.63, 3.8) is 0 Å². The summed E-state index contributed by atoms with van der Waals surface area (Å²) >= 11 is 0. The minimum absolute atomic E-state index is 0.0697. The zero-order valence-corrected chi connectivity index (χ0v) is 47.3. The molecule has 0 amide bonds. The Hall–Kier alpha value is -2.11. The number of carbonyl (C=O) groups excluding carboxylic acids is 3. The summed E-state index contributed by atoms with van der Waals surface area (Å²) in [6, 6.07) is 0. The Balaban J connectivity index is 4.30. The summed E-state index contributed by atoms with van der Waals surface area (Å²) in [7, 11) is 0. The predicted octanol–water partition coefficient (Wildman–Crippen LogP) is 21.1. The summed E-state index contributed by atoms with van der Waals surface area (Å²) in [4.78, 5) is 38.3. The van der Waals surface area contributed by atoms with E-state index >= 15 is 0 Å². The van der Waals surface area contributed by atoms with Crippen LogP contribution in [0.1, 0.15) is 348 Å². The van der Waals surface area contributed by atoms with E-state index in [2.05, 4.69) is 45.1 Å². The first-order valence-corrected chi connectivity index (χ1v) is 31.3. The van der Waals surface area contributed by atoms with Crippen molar-refractivity contribution in [3.8, 4) is 0 Å². The summed E-state index contributed by atoms with van der Waals surface area (Å²) in [5, 5.41) is 0. The van der Waals surface area contributed by atoms with Crippen molar-refractivity contribution in [2.45, 2.75) is 354 Å². The Morgan fingerprint density at radius 2 is 0.529 bits per heavy atom. The van der Waals surface area contributed by atoms with Crippen LogP contribution in [-0.2, 0) is 28.6 Å². The molecule has 1 unspecified atom stereocenters. The lowest BCUT2D eigenvalue weighted by atomic mass is 10.0. The Kier molecular flexibility index (Phi) is 57.7. The van der Waals surface area contributed by atoms with E-state index in [1.165, 1.54) is 231 Å². The molecule has 0 rings (SSSR count). The molecule has 0 spiro atoms. The second-order valence-electron chi connectivity index (χ2n) is 21.3. The fourth-order valence-electron chi connectivity index (χ4n) is 9.46. The van der Waals surface area contributed by atoms with Crippen molar-refractivity contribution in [3.05, 3.63) is 24.3 Å². The Bertz CT molecular complexity index is 1130. The van der Waals surface area contributed by atoms with Crippen molar-refractivity contribution in [2.75, 3.05) is 13.2 Å². The first kappa shape index (κ1) is 67.9. The van der Waals surface area contributed by atoms with Crippen molar-refractivity contribution in [1.29, 1.82) is 0 Å². The second-order valence-corrected chi connectivity index (χ2v) is 21.3. The van der Waals surface area contributed by atoms with Gasteiger partial charge in [0.05, 0.1) is 0 Å². The summed E-state index contributed by atoms with van der Waals surface area (Å²) < 4.78 is 16.9. The highest BCUT2D eigenvalue weighted by molar-refractivity contribution is 5.71. The monoisotopic (exact) mass is 985 g/mol. The van der Waals surface area contributed by atoms with E-state index in [1.54, 1.807) is 0 Å². The highest BCUT2D eigenvalue weighted by Gasteiger charge is 2.19. The van der Waals surface area contributed by atoms with Gasteiger partial charge in [0.15, 0.2) is 6.10 Å². The van der Waals surface area contributed by atoms with E-state index in [1.807, 2.05) is 0 Å². The fraction of sp³-hybridized carbons (Fsp3) is 0.891. The molecule has 0 heterocycles. The average molecular weight is 986 g/mol. The highest BCUT2D eigenvalue weighted by Crippen LogP contribution is 2.18. The van der Waals surface area contributed by atoms with E-state index in [4.69, 9.17) is 14.2 Å². The molecule has 0 N–H and O–H groups in total. The lowest BCUT2D eigenvalue weighted by Gasteiger charge is -2.18. The molecular formula is C64H120O6. The number of unbranched alkanes of at least 4 members (excludes halogenated alkanes) is 43. The Labute approximate surface area is 436 Å². The minimum atomic E-state index is -0.772. The molecule has 0 saturated heterocycles. The third-order valence-corrected chi connectivity index (χ3v) is 14.2. The maximum atomic E-state index is 12.9. The van der Waals surface area contributed by atoms with Gasteiger partial charge in [0.25, 0.3) is 0 Å². The van der Waals surface area contributed by atoms with Gasteiger partial charge in [-0.25, -0.2) is 0 Å². The molecule has 412 valence electrons. The molecule has 0 radical (unpaired) electrons. The van der Waals surface area contributed by atoms with Crippen LogP contribution in [-0.4, -0.2) is 37.2 Å². The number of rotatable bonds is 58. The van der Waals surface area contributed by atoms with Gasteiger partial charge in [-0.15, -0.1) is 0 Å². The van der Waals surface area contributed by atoms with Gasteiger partial charge in [0.2, 0.25) is 0 Å². The van der Waals surface area contributed by atoms with Gasteiger partial charge in [-0.3, -0.25) is 14.4 Å². The Morgan fingerprint density at radius 3 is 0.829 bits per heavy atom. The maximum absolute atomic E-state index is 12.9. The molecule has 0 aliphatic heterocycles. The smallest absolute Gasteiger partial charge is 0.306 e. The molecule has 0 aromatic rings. The van der Waals surface area contributed by atoms with Crippen LogP contribution in [0.4, 0.5) is 0 Å². The van der Waals surface area contributed by atoms with Crippen molar-refractivity contribution >= 4 is 17.9 Å².